The number of likely N-dealkylation sites (tertiary alicyclic amines) is 1. The van der Waals surface area contributed by atoms with Crippen LogP contribution >= 0.6 is 0 Å². The van der Waals surface area contributed by atoms with Crippen molar-refractivity contribution in [1.82, 2.24) is 4.90 Å². The lowest BCUT2D eigenvalue weighted by atomic mass is 10.1. The van der Waals surface area contributed by atoms with E-state index in [1.165, 1.54) is 12.1 Å². The molecular weight excluding hydrogens is 269 g/mol. The molecule has 4 heteroatoms. The summed E-state index contributed by atoms with van der Waals surface area (Å²) in [6.45, 7) is 6.24. The van der Waals surface area contributed by atoms with Gasteiger partial charge in [-0.05, 0) is 49.9 Å². The number of allylic oxidation sites excluding steroid dienone is 1. The van der Waals surface area contributed by atoms with E-state index in [0.717, 1.165) is 51.1 Å². The van der Waals surface area contributed by atoms with Crippen LogP contribution in [0.25, 0.3) is 0 Å². The largest absolute Gasteiger partial charge is 0.490 e. The van der Waals surface area contributed by atoms with Gasteiger partial charge in [-0.1, -0.05) is 6.08 Å². The third-order valence-electron chi connectivity index (χ3n) is 3.82. The first-order valence-electron chi connectivity index (χ1n) is 7.61. The van der Waals surface area contributed by atoms with E-state index in [1.807, 2.05) is 6.08 Å². The van der Waals surface area contributed by atoms with Crippen LogP contribution in [0, 0.1) is 5.82 Å². The summed E-state index contributed by atoms with van der Waals surface area (Å²) in [4.78, 5) is 2.28. The average molecular weight is 293 g/mol. The van der Waals surface area contributed by atoms with Gasteiger partial charge in [-0.25, -0.2) is 4.39 Å². The second kappa shape index (κ2) is 8.15. The Morgan fingerprint density at radius 1 is 1.33 bits per heavy atom. The normalized spacial score (nSPS) is 18.4. The summed E-state index contributed by atoms with van der Waals surface area (Å²) in [5.74, 6) is 0.478. The van der Waals surface area contributed by atoms with Gasteiger partial charge in [-0.3, -0.25) is 0 Å². The zero-order valence-electron chi connectivity index (χ0n) is 12.4. The second-order valence-corrected chi connectivity index (χ2v) is 5.59. The molecule has 21 heavy (non-hydrogen) atoms. The van der Waals surface area contributed by atoms with Crippen LogP contribution in [0.2, 0.25) is 0 Å². The zero-order valence-corrected chi connectivity index (χ0v) is 12.4. The number of benzene rings is 1. The van der Waals surface area contributed by atoms with Crippen LogP contribution in [0.1, 0.15) is 25.7 Å². The van der Waals surface area contributed by atoms with E-state index in [-0.39, 0.29) is 18.0 Å². The molecule has 1 aliphatic heterocycles. The summed E-state index contributed by atoms with van der Waals surface area (Å²) in [7, 11) is 0. The molecule has 1 heterocycles. The molecule has 1 aliphatic rings. The van der Waals surface area contributed by atoms with Gasteiger partial charge in [-0.15, -0.1) is 6.58 Å². The van der Waals surface area contributed by atoms with Crippen LogP contribution in [0.3, 0.4) is 0 Å². The molecule has 0 amide bonds. The summed E-state index contributed by atoms with van der Waals surface area (Å²) in [6, 6.07) is 6.17. The number of aliphatic hydroxyl groups excluding tert-OH is 1. The van der Waals surface area contributed by atoms with Crippen LogP contribution in [-0.4, -0.2) is 41.8 Å². The van der Waals surface area contributed by atoms with E-state index >= 15 is 0 Å². The maximum Gasteiger partial charge on any atom is 0.123 e. The van der Waals surface area contributed by atoms with Gasteiger partial charge in [0.1, 0.15) is 17.7 Å². The van der Waals surface area contributed by atoms with E-state index in [1.54, 1.807) is 12.1 Å². The van der Waals surface area contributed by atoms with Gasteiger partial charge in [-0.2, -0.15) is 0 Å². The maximum atomic E-state index is 12.8. The smallest absolute Gasteiger partial charge is 0.123 e. The Kier molecular flexibility index (Phi) is 6.21. The number of rotatable bonds is 7. The molecule has 0 bridgehead atoms. The first-order valence-corrected chi connectivity index (χ1v) is 7.61. The molecule has 0 aliphatic carbocycles. The highest BCUT2D eigenvalue weighted by atomic mass is 19.1. The van der Waals surface area contributed by atoms with E-state index in [2.05, 4.69) is 11.5 Å². The monoisotopic (exact) mass is 293 g/mol. The molecule has 3 nitrogen and oxygen atoms in total. The van der Waals surface area contributed by atoms with Crippen LogP contribution in [-0.2, 0) is 0 Å². The Morgan fingerprint density at radius 3 is 2.62 bits per heavy atom. The Bertz CT molecular complexity index is 427. The Labute approximate surface area is 126 Å². The van der Waals surface area contributed by atoms with Gasteiger partial charge in [0.05, 0.1) is 6.10 Å². The van der Waals surface area contributed by atoms with Crippen molar-refractivity contribution < 1.29 is 14.2 Å². The first-order chi connectivity index (χ1) is 10.2. The van der Waals surface area contributed by atoms with Crippen LogP contribution < -0.4 is 4.74 Å². The summed E-state index contributed by atoms with van der Waals surface area (Å²) in [5.41, 5.74) is 0. The van der Waals surface area contributed by atoms with Gasteiger partial charge in [0.15, 0.2) is 0 Å². The molecule has 1 aromatic rings. The molecule has 0 aromatic heterocycles. The lowest BCUT2D eigenvalue weighted by Crippen LogP contribution is -2.41. The summed E-state index contributed by atoms with van der Waals surface area (Å²) in [5, 5.41) is 9.90. The molecule has 1 atom stereocenters. The van der Waals surface area contributed by atoms with Crippen molar-refractivity contribution in [2.45, 2.75) is 37.9 Å². The van der Waals surface area contributed by atoms with E-state index < -0.39 is 0 Å². The number of nitrogens with zero attached hydrogens (tertiary/aromatic N) is 1. The number of hydrogen-bond acceptors (Lipinski definition) is 3. The molecule has 1 unspecified atom stereocenters. The maximum absolute atomic E-state index is 12.8. The van der Waals surface area contributed by atoms with Crippen molar-refractivity contribution in [3.8, 4) is 5.75 Å². The fourth-order valence-electron chi connectivity index (χ4n) is 2.61. The topological polar surface area (TPSA) is 32.7 Å². The number of piperidine rings is 1. The SMILES string of the molecule is C=CCCC(O)CN1CCC(Oc2ccc(F)cc2)CC1. The van der Waals surface area contributed by atoms with Crippen molar-refractivity contribution in [3.63, 3.8) is 0 Å². The lowest BCUT2D eigenvalue weighted by molar-refractivity contribution is 0.0585. The summed E-state index contributed by atoms with van der Waals surface area (Å²) < 4.78 is 18.7. The molecular formula is C17H24FNO2. The highest BCUT2D eigenvalue weighted by Crippen LogP contribution is 2.19. The van der Waals surface area contributed by atoms with E-state index in [4.69, 9.17) is 4.74 Å². The highest BCUT2D eigenvalue weighted by Gasteiger charge is 2.21. The lowest BCUT2D eigenvalue weighted by Gasteiger charge is -2.33. The van der Waals surface area contributed by atoms with Gasteiger partial charge < -0.3 is 14.7 Å². The molecule has 2 rings (SSSR count). The summed E-state index contributed by atoms with van der Waals surface area (Å²) >= 11 is 0. The number of aliphatic hydroxyl groups is 1. The van der Waals surface area contributed by atoms with E-state index in [0.29, 0.717) is 0 Å². The minimum absolute atomic E-state index is 0.178. The van der Waals surface area contributed by atoms with Crippen molar-refractivity contribution >= 4 is 0 Å². The zero-order chi connectivity index (χ0) is 15.1. The van der Waals surface area contributed by atoms with Crippen molar-refractivity contribution in [2.75, 3.05) is 19.6 Å². The average Bonchev–Trinajstić information content (AvgIpc) is 2.49. The van der Waals surface area contributed by atoms with Crippen LogP contribution in [0.15, 0.2) is 36.9 Å². The third kappa shape index (κ3) is 5.48. The summed E-state index contributed by atoms with van der Waals surface area (Å²) in [6.07, 6.45) is 5.23. The molecule has 116 valence electrons. The standard InChI is InChI=1S/C17H24FNO2/c1-2-3-4-15(20)13-19-11-9-17(10-12-19)21-16-7-5-14(18)6-8-16/h2,5-8,15,17,20H,1,3-4,9-13H2. The van der Waals surface area contributed by atoms with Crippen LogP contribution in [0.4, 0.5) is 4.39 Å². The number of hydrogen-bond donors (Lipinski definition) is 1. The number of ether oxygens (including phenoxy) is 1. The Hall–Kier alpha value is -1.39. The second-order valence-electron chi connectivity index (χ2n) is 5.59. The predicted molar refractivity (Wildman–Crippen MR) is 81.9 cm³/mol. The number of β-amino-alcohol motifs (C(OH)–C–C–N with tert-alkyl or cyclic N) is 1. The molecule has 1 N–H and O–H groups in total. The minimum atomic E-state index is -0.280. The van der Waals surface area contributed by atoms with Gasteiger partial charge in [0, 0.05) is 19.6 Å². The van der Waals surface area contributed by atoms with Crippen molar-refractivity contribution in [3.05, 3.63) is 42.7 Å². The molecule has 1 aromatic carbocycles. The fourth-order valence-corrected chi connectivity index (χ4v) is 2.61. The Morgan fingerprint density at radius 2 is 2.00 bits per heavy atom. The highest BCUT2D eigenvalue weighted by molar-refractivity contribution is 5.22. The molecule has 0 radical (unpaired) electrons. The molecule has 1 saturated heterocycles. The predicted octanol–water partition coefficient (Wildman–Crippen LogP) is 3.00. The van der Waals surface area contributed by atoms with Crippen molar-refractivity contribution in [1.29, 1.82) is 0 Å². The van der Waals surface area contributed by atoms with Gasteiger partial charge >= 0.3 is 0 Å². The first kappa shape index (κ1) is 16.0. The molecule has 0 spiro atoms. The minimum Gasteiger partial charge on any atom is -0.490 e. The Balaban J connectivity index is 1.70. The fraction of sp³-hybridized carbons (Fsp3) is 0.529. The van der Waals surface area contributed by atoms with Gasteiger partial charge in [0.25, 0.3) is 0 Å². The quantitative estimate of drug-likeness (QED) is 0.785. The molecule has 0 saturated carbocycles. The number of halogens is 1. The van der Waals surface area contributed by atoms with Crippen molar-refractivity contribution in [2.24, 2.45) is 0 Å². The van der Waals surface area contributed by atoms with E-state index in [9.17, 15) is 9.50 Å². The molecule has 1 fully saturated rings. The van der Waals surface area contributed by atoms with Gasteiger partial charge in [0.2, 0.25) is 0 Å². The van der Waals surface area contributed by atoms with Crippen LogP contribution in [0.5, 0.6) is 5.75 Å². The third-order valence-corrected chi connectivity index (χ3v) is 3.82.